The third-order valence-corrected chi connectivity index (χ3v) is 2.77. The molecule has 0 radical (unpaired) electrons. The number of hydrogen-bond acceptors (Lipinski definition) is 7. The van der Waals surface area contributed by atoms with Crippen LogP contribution in [0.5, 0.6) is 0 Å². The molecule has 0 saturated heterocycles. The summed E-state index contributed by atoms with van der Waals surface area (Å²) in [5.41, 5.74) is 5.26. The average Bonchev–Trinajstić information content (AvgIpc) is 2.48. The molecule has 0 aromatic heterocycles. The van der Waals surface area contributed by atoms with Crippen molar-refractivity contribution in [2.75, 3.05) is 13.2 Å². The van der Waals surface area contributed by atoms with Gasteiger partial charge in [-0.25, -0.2) is 4.79 Å². The normalized spacial score (nSPS) is 15.7. The van der Waals surface area contributed by atoms with E-state index >= 15 is 0 Å². The molecule has 0 saturated carbocycles. The van der Waals surface area contributed by atoms with Crippen LogP contribution >= 0.6 is 0 Å². The number of rotatable bonds is 9. The molecule has 0 aliphatic heterocycles. The lowest BCUT2D eigenvalue weighted by atomic mass is 10.2. The Hall–Kier alpha value is -2.24. The van der Waals surface area contributed by atoms with E-state index in [1.54, 1.807) is 0 Å². The molecule has 0 aliphatic carbocycles. The fourth-order valence-electron chi connectivity index (χ4n) is 1.40. The van der Waals surface area contributed by atoms with Crippen LogP contribution in [-0.4, -0.2) is 76.4 Å². The first-order valence-corrected chi connectivity index (χ1v) is 6.74. The summed E-state index contributed by atoms with van der Waals surface area (Å²) in [6.07, 6.45) is -1.31. The summed E-state index contributed by atoms with van der Waals surface area (Å²) >= 11 is 0. The Kier molecular flexibility index (Phi) is 8.77. The maximum absolute atomic E-state index is 11.7. The first-order valence-electron chi connectivity index (χ1n) is 6.74. The van der Waals surface area contributed by atoms with E-state index in [2.05, 4.69) is 10.6 Å². The predicted octanol–water partition coefficient (Wildman–Crippen LogP) is -4.12. The van der Waals surface area contributed by atoms with Gasteiger partial charge in [0.05, 0.1) is 19.3 Å². The molecule has 3 amide bonds. The monoisotopic (exact) mass is 334 g/mol. The maximum Gasteiger partial charge on any atom is 0.328 e. The van der Waals surface area contributed by atoms with Crippen molar-refractivity contribution in [1.82, 2.24) is 16.0 Å². The maximum atomic E-state index is 11.7. The predicted molar refractivity (Wildman–Crippen MR) is 76.9 cm³/mol. The zero-order valence-corrected chi connectivity index (χ0v) is 12.8. The van der Waals surface area contributed by atoms with E-state index < -0.39 is 61.1 Å². The van der Waals surface area contributed by atoms with Crippen molar-refractivity contribution in [3.05, 3.63) is 0 Å². The Bertz CT molecular complexity index is 455. The molecule has 23 heavy (non-hydrogen) atoms. The number of carbonyl (C=O) groups excluding carboxylic acids is 3. The number of carboxylic acid groups (broad SMARTS) is 1. The number of aliphatic hydroxyl groups excluding tert-OH is 2. The first kappa shape index (κ1) is 20.8. The van der Waals surface area contributed by atoms with Gasteiger partial charge in [0.1, 0.15) is 12.1 Å². The molecule has 11 heteroatoms. The SMILES string of the molecule is CC(NC(=O)C(N)CO)C(=O)NCC(=O)NC(C(=O)O)C(C)O. The van der Waals surface area contributed by atoms with Crippen molar-refractivity contribution in [3.63, 3.8) is 0 Å². The van der Waals surface area contributed by atoms with Crippen LogP contribution in [0.4, 0.5) is 0 Å². The lowest BCUT2D eigenvalue weighted by Gasteiger charge is -2.18. The summed E-state index contributed by atoms with van der Waals surface area (Å²) in [7, 11) is 0. The molecule has 11 nitrogen and oxygen atoms in total. The molecule has 0 heterocycles. The summed E-state index contributed by atoms with van der Waals surface area (Å²) in [4.78, 5) is 45.4. The number of nitrogens with one attached hydrogen (secondary N) is 3. The molecular weight excluding hydrogens is 312 g/mol. The Morgan fingerprint density at radius 2 is 1.65 bits per heavy atom. The third-order valence-electron chi connectivity index (χ3n) is 2.77. The van der Waals surface area contributed by atoms with Crippen LogP contribution < -0.4 is 21.7 Å². The lowest BCUT2D eigenvalue weighted by Crippen LogP contribution is -2.54. The highest BCUT2D eigenvalue weighted by Crippen LogP contribution is 1.92. The van der Waals surface area contributed by atoms with Crippen molar-refractivity contribution in [3.8, 4) is 0 Å². The van der Waals surface area contributed by atoms with Gasteiger partial charge in [0.15, 0.2) is 6.04 Å². The van der Waals surface area contributed by atoms with Crippen molar-refractivity contribution in [2.45, 2.75) is 38.1 Å². The van der Waals surface area contributed by atoms with E-state index in [1.165, 1.54) is 13.8 Å². The van der Waals surface area contributed by atoms with Gasteiger partial charge >= 0.3 is 5.97 Å². The van der Waals surface area contributed by atoms with Gasteiger partial charge < -0.3 is 37.0 Å². The molecule has 0 spiro atoms. The van der Waals surface area contributed by atoms with E-state index in [4.69, 9.17) is 15.9 Å². The van der Waals surface area contributed by atoms with Crippen LogP contribution in [-0.2, 0) is 19.2 Å². The molecule has 0 rings (SSSR count). The van der Waals surface area contributed by atoms with Gasteiger partial charge in [-0.3, -0.25) is 14.4 Å². The first-order chi connectivity index (χ1) is 10.6. The number of carboxylic acids is 1. The highest BCUT2D eigenvalue weighted by Gasteiger charge is 2.25. The van der Waals surface area contributed by atoms with E-state index in [0.29, 0.717) is 0 Å². The minimum absolute atomic E-state index is 0.540. The van der Waals surface area contributed by atoms with Crippen molar-refractivity contribution in [1.29, 1.82) is 0 Å². The fraction of sp³-hybridized carbons (Fsp3) is 0.667. The molecule has 0 bridgehead atoms. The van der Waals surface area contributed by atoms with Crippen LogP contribution in [0.3, 0.4) is 0 Å². The molecule has 0 fully saturated rings. The molecule has 8 N–H and O–H groups in total. The molecular formula is C12H22N4O7. The summed E-state index contributed by atoms with van der Waals surface area (Å²) in [5, 5.41) is 33.1. The van der Waals surface area contributed by atoms with Crippen molar-refractivity contribution in [2.24, 2.45) is 5.73 Å². The quantitative estimate of drug-likeness (QED) is 0.221. The van der Waals surface area contributed by atoms with E-state index in [9.17, 15) is 24.3 Å². The Morgan fingerprint density at radius 3 is 2.09 bits per heavy atom. The summed E-state index contributed by atoms with van der Waals surface area (Å²) in [5.74, 6) is -3.68. The number of carbonyl (C=O) groups is 4. The minimum Gasteiger partial charge on any atom is -0.480 e. The van der Waals surface area contributed by atoms with Gasteiger partial charge in [0.25, 0.3) is 0 Å². The molecule has 0 aromatic rings. The second-order valence-electron chi connectivity index (χ2n) is 4.86. The van der Waals surface area contributed by atoms with Crippen molar-refractivity contribution >= 4 is 23.7 Å². The largest absolute Gasteiger partial charge is 0.480 e. The number of aliphatic hydroxyl groups is 2. The second kappa shape index (κ2) is 9.71. The summed E-state index contributed by atoms with van der Waals surface area (Å²) in [6.45, 7) is 1.41. The number of amides is 3. The topological polar surface area (TPSA) is 191 Å². The van der Waals surface area contributed by atoms with Crippen molar-refractivity contribution < 1.29 is 34.5 Å². The molecule has 4 unspecified atom stereocenters. The highest BCUT2D eigenvalue weighted by molar-refractivity contribution is 5.92. The van der Waals surface area contributed by atoms with E-state index in [0.717, 1.165) is 0 Å². The second-order valence-corrected chi connectivity index (χ2v) is 4.86. The zero-order valence-electron chi connectivity index (χ0n) is 12.8. The fourth-order valence-corrected chi connectivity index (χ4v) is 1.40. The molecule has 132 valence electrons. The summed E-state index contributed by atoms with van der Waals surface area (Å²) < 4.78 is 0. The van der Waals surface area contributed by atoms with Crippen LogP contribution in [0.1, 0.15) is 13.8 Å². The number of hydrogen-bond donors (Lipinski definition) is 7. The minimum atomic E-state index is -1.50. The average molecular weight is 334 g/mol. The van der Waals surface area contributed by atoms with Gasteiger partial charge in [0.2, 0.25) is 17.7 Å². The molecule has 0 aromatic carbocycles. The highest BCUT2D eigenvalue weighted by atomic mass is 16.4. The molecule has 0 aliphatic rings. The van der Waals surface area contributed by atoms with E-state index in [1.807, 2.05) is 5.32 Å². The van der Waals surface area contributed by atoms with Gasteiger partial charge in [0, 0.05) is 0 Å². The van der Waals surface area contributed by atoms with Crippen LogP contribution in [0, 0.1) is 0 Å². The lowest BCUT2D eigenvalue weighted by molar-refractivity contribution is -0.144. The van der Waals surface area contributed by atoms with Gasteiger partial charge in [-0.1, -0.05) is 0 Å². The standard InChI is InChI=1S/C12H22N4O7/c1-5(15-11(21)7(13)4-17)10(20)14-3-8(19)16-9(6(2)18)12(22)23/h5-7,9,17-18H,3-4,13H2,1-2H3,(H,14,20)(H,15,21)(H,16,19)(H,22,23). The van der Waals surface area contributed by atoms with Gasteiger partial charge in [-0.15, -0.1) is 0 Å². The van der Waals surface area contributed by atoms with Crippen LogP contribution in [0.25, 0.3) is 0 Å². The summed E-state index contributed by atoms with van der Waals surface area (Å²) in [6, 6.07) is -3.69. The third kappa shape index (κ3) is 7.54. The van der Waals surface area contributed by atoms with Gasteiger partial charge in [-0.05, 0) is 13.8 Å². The van der Waals surface area contributed by atoms with Crippen LogP contribution in [0.2, 0.25) is 0 Å². The van der Waals surface area contributed by atoms with E-state index in [-0.39, 0.29) is 0 Å². The Morgan fingerprint density at radius 1 is 1.09 bits per heavy atom. The Labute approximate surface area is 132 Å². The smallest absolute Gasteiger partial charge is 0.328 e. The molecule has 4 atom stereocenters. The Balaban J connectivity index is 4.34. The van der Waals surface area contributed by atoms with Crippen LogP contribution in [0.15, 0.2) is 0 Å². The zero-order chi connectivity index (χ0) is 18.2. The number of aliphatic carboxylic acids is 1. The number of nitrogens with two attached hydrogens (primary N) is 1. The van der Waals surface area contributed by atoms with Gasteiger partial charge in [-0.2, -0.15) is 0 Å².